The van der Waals surface area contributed by atoms with Gasteiger partial charge < -0.3 is 4.74 Å². The molecule has 0 heterocycles. The van der Waals surface area contributed by atoms with Crippen molar-refractivity contribution in [2.75, 3.05) is 0 Å². The summed E-state index contributed by atoms with van der Waals surface area (Å²) in [5.41, 5.74) is 2.75. The van der Waals surface area contributed by atoms with Crippen LogP contribution in [0.15, 0.2) is 54.4 Å². The molecule has 34 heavy (non-hydrogen) atoms. The summed E-state index contributed by atoms with van der Waals surface area (Å²) >= 11 is 0. The van der Waals surface area contributed by atoms with Gasteiger partial charge in [-0.05, 0) is 54.7 Å². The van der Waals surface area contributed by atoms with Crippen molar-refractivity contribution in [3.63, 3.8) is 0 Å². The standard InChI is InChI=1S/C31H44F2O/c1-3-5-7-9-10-12-13-15-26-17-19-27(20-18-26)25-34-29-23-21-28(22-24-29)31(33)30(32)16-14-11-8-6-4-2/h17-24H,3-16,25H2,1-2H3/b31-30-. The Hall–Kier alpha value is -2.16. The fourth-order valence-electron chi connectivity index (χ4n) is 4.10. The number of ether oxygens (including phenoxy) is 1. The lowest BCUT2D eigenvalue weighted by Gasteiger charge is -2.09. The van der Waals surface area contributed by atoms with Crippen LogP contribution < -0.4 is 4.74 Å². The van der Waals surface area contributed by atoms with Gasteiger partial charge in [-0.2, -0.15) is 0 Å². The Balaban J connectivity index is 1.71. The van der Waals surface area contributed by atoms with Crippen molar-refractivity contribution in [3.8, 4) is 5.75 Å². The second kappa shape index (κ2) is 17.3. The Morgan fingerprint density at radius 2 is 1.15 bits per heavy atom. The van der Waals surface area contributed by atoms with Gasteiger partial charge in [0.1, 0.15) is 18.2 Å². The maximum atomic E-state index is 14.4. The van der Waals surface area contributed by atoms with E-state index in [1.807, 2.05) is 0 Å². The van der Waals surface area contributed by atoms with Gasteiger partial charge in [0.2, 0.25) is 0 Å². The van der Waals surface area contributed by atoms with Crippen molar-refractivity contribution in [3.05, 3.63) is 71.0 Å². The molecule has 2 rings (SSSR count). The van der Waals surface area contributed by atoms with E-state index in [0.29, 0.717) is 18.8 Å². The summed E-state index contributed by atoms with van der Waals surface area (Å²) < 4.78 is 34.3. The molecule has 3 heteroatoms. The lowest BCUT2D eigenvalue weighted by molar-refractivity contribution is 0.306. The molecule has 0 atom stereocenters. The second-order valence-corrected chi connectivity index (χ2v) is 9.38. The van der Waals surface area contributed by atoms with E-state index < -0.39 is 11.7 Å². The number of hydrogen-bond acceptors (Lipinski definition) is 1. The van der Waals surface area contributed by atoms with E-state index in [1.54, 1.807) is 24.3 Å². The molecule has 0 fully saturated rings. The molecule has 0 saturated carbocycles. The first kappa shape index (κ1) is 28.1. The monoisotopic (exact) mass is 470 g/mol. The smallest absolute Gasteiger partial charge is 0.161 e. The Morgan fingerprint density at radius 3 is 1.76 bits per heavy atom. The number of rotatable bonds is 18. The molecule has 0 spiro atoms. The normalized spacial score (nSPS) is 12.0. The van der Waals surface area contributed by atoms with E-state index in [9.17, 15) is 8.78 Å². The van der Waals surface area contributed by atoms with E-state index >= 15 is 0 Å². The van der Waals surface area contributed by atoms with Crippen LogP contribution in [0.1, 0.15) is 114 Å². The third-order valence-electron chi connectivity index (χ3n) is 6.34. The molecule has 0 saturated heterocycles. The van der Waals surface area contributed by atoms with Gasteiger partial charge in [-0.3, -0.25) is 0 Å². The summed E-state index contributed by atoms with van der Waals surface area (Å²) in [5, 5.41) is 0. The average Bonchev–Trinajstić information content (AvgIpc) is 2.87. The van der Waals surface area contributed by atoms with Crippen LogP contribution in [0.3, 0.4) is 0 Å². The molecule has 0 aromatic heterocycles. The Labute approximate surface area is 206 Å². The first-order chi connectivity index (χ1) is 16.6. The van der Waals surface area contributed by atoms with Gasteiger partial charge in [0.25, 0.3) is 0 Å². The molecule has 0 radical (unpaired) electrons. The first-order valence-electron chi connectivity index (χ1n) is 13.5. The van der Waals surface area contributed by atoms with Crippen molar-refractivity contribution in [2.45, 2.75) is 110 Å². The van der Waals surface area contributed by atoms with Gasteiger partial charge in [0.05, 0.1) is 0 Å². The second-order valence-electron chi connectivity index (χ2n) is 9.38. The van der Waals surface area contributed by atoms with Crippen molar-refractivity contribution in [1.29, 1.82) is 0 Å². The van der Waals surface area contributed by atoms with E-state index in [-0.39, 0.29) is 12.0 Å². The summed E-state index contributed by atoms with van der Waals surface area (Å²) in [6, 6.07) is 15.2. The van der Waals surface area contributed by atoms with Crippen LogP contribution in [0.5, 0.6) is 5.75 Å². The number of aryl methyl sites for hydroxylation is 1. The minimum atomic E-state index is -0.751. The van der Waals surface area contributed by atoms with Crippen molar-refractivity contribution in [2.24, 2.45) is 0 Å². The molecule has 2 aromatic rings. The summed E-state index contributed by atoms with van der Waals surface area (Å²) in [4.78, 5) is 0. The Kier molecular flexibility index (Phi) is 14.3. The minimum absolute atomic E-state index is 0.169. The van der Waals surface area contributed by atoms with Gasteiger partial charge in [-0.1, -0.05) is 102 Å². The quantitative estimate of drug-likeness (QED) is 0.197. The molecule has 1 nitrogen and oxygen atoms in total. The topological polar surface area (TPSA) is 9.23 Å². The zero-order valence-corrected chi connectivity index (χ0v) is 21.4. The van der Waals surface area contributed by atoms with Crippen molar-refractivity contribution < 1.29 is 13.5 Å². The lowest BCUT2D eigenvalue weighted by atomic mass is 10.0. The van der Waals surface area contributed by atoms with Crippen molar-refractivity contribution in [1.82, 2.24) is 0 Å². The third kappa shape index (κ3) is 11.3. The van der Waals surface area contributed by atoms with Crippen molar-refractivity contribution >= 4 is 5.83 Å². The molecule has 0 aliphatic carbocycles. The molecule has 0 bridgehead atoms. The van der Waals surface area contributed by atoms with Gasteiger partial charge in [-0.25, -0.2) is 8.78 Å². The fraction of sp³-hybridized carbons (Fsp3) is 0.548. The van der Waals surface area contributed by atoms with Crippen LogP contribution in [0.4, 0.5) is 8.78 Å². The molecule has 188 valence electrons. The maximum Gasteiger partial charge on any atom is 0.161 e. The SMILES string of the molecule is CCCCCCCCCc1ccc(COc2ccc(/C(F)=C(/F)CCCCCCC)cc2)cc1. The summed E-state index contributed by atoms with van der Waals surface area (Å²) in [6.45, 7) is 4.85. The predicted octanol–water partition coefficient (Wildman–Crippen LogP) is 10.5. The number of allylic oxidation sites excluding steroid dienone is 1. The molecule has 0 aliphatic heterocycles. The molecule has 0 aliphatic rings. The molecular formula is C31H44F2O. The van der Waals surface area contributed by atoms with Gasteiger partial charge in [-0.15, -0.1) is 0 Å². The number of benzene rings is 2. The number of unbranched alkanes of at least 4 members (excludes halogenated alkanes) is 10. The van der Waals surface area contributed by atoms with E-state index in [1.165, 1.54) is 50.5 Å². The molecule has 0 unspecified atom stereocenters. The van der Waals surface area contributed by atoms with Crippen LogP contribution in [0.25, 0.3) is 5.83 Å². The Morgan fingerprint density at radius 1 is 0.618 bits per heavy atom. The van der Waals surface area contributed by atoms with Gasteiger partial charge in [0, 0.05) is 12.0 Å². The summed E-state index contributed by atoms with van der Waals surface area (Å²) in [7, 11) is 0. The highest BCUT2D eigenvalue weighted by atomic mass is 19.2. The van der Waals surface area contributed by atoms with Crippen LogP contribution in [-0.4, -0.2) is 0 Å². The highest BCUT2D eigenvalue weighted by Gasteiger charge is 2.09. The van der Waals surface area contributed by atoms with Gasteiger partial charge >= 0.3 is 0 Å². The average molecular weight is 471 g/mol. The summed E-state index contributed by atoms with van der Waals surface area (Å²) in [6.07, 6.45) is 15.6. The predicted molar refractivity (Wildman–Crippen MR) is 141 cm³/mol. The van der Waals surface area contributed by atoms with Crippen LogP contribution >= 0.6 is 0 Å². The molecule has 2 aromatic carbocycles. The van der Waals surface area contributed by atoms with E-state index in [2.05, 4.69) is 38.1 Å². The van der Waals surface area contributed by atoms with Crippen LogP contribution in [-0.2, 0) is 13.0 Å². The number of halogens is 2. The largest absolute Gasteiger partial charge is 0.489 e. The zero-order chi connectivity index (χ0) is 24.4. The van der Waals surface area contributed by atoms with E-state index in [0.717, 1.165) is 37.7 Å². The maximum absolute atomic E-state index is 14.4. The Bertz CT molecular complexity index is 808. The molecule has 0 N–H and O–H groups in total. The lowest BCUT2D eigenvalue weighted by Crippen LogP contribution is -1.96. The van der Waals surface area contributed by atoms with E-state index in [4.69, 9.17) is 4.74 Å². The van der Waals surface area contributed by atoms with Crippen LogP contribution in [0.2, 0.25) is 0 Å². The highest BCUT2D eigenvalue weighted by molar-refractivity contribution is 5.61. The third-order valence-corrected chi connectivity index (χ3v) is 6.34. The first-order valence-corrected chi connectivity index (χ1v) is 13.5. The fourth-order valence-corrected chi connectivity index (χ4v) is 4.10. The summed E-state index contributed by atoms with van der Waals surface area (Å²) in [5.74, 6) is -0.746. The molecular weight excluding hydrogens is 426 g/mol. The zero-order valence-electron chi connectivity index (χ0n) is 21.4. The highest BCUT2D eigenvalue weighted by Crippen LogP contribution is 2.27. The number of hydrogen-bond donors (Lipinski definition) is 0. The van der Waals surface area contributed by atoms with Crippen LogP contribution in [0, 0.1) is 0 Å². The minimum Gasteiger partial charge on any atom is -0.489 e. The van der Waals surface area contributed by atoms with Gasteiger partial charge in [0.15, 0.2) is 5.83 Å². The molecule has 0 amide bonds.